The lowest BCUT2D eigenvalue weighted by Gasteiger charge is -2.22. The van der Waals surface area contributed by atoms with Crippen LogP contribution in [0.25, 0.3) is 22.1 Å². The molecule has 0 bridgehead atoms. The van der Waals surface area contributed by atoms with Gasteiger partial charge in [-0.1, -0.05) is 32.9 Å². The van der Waals surface area contributed by atoms with Crippen molar-refractivity contribution in [2.24, 2.45) is 0 Å². The van der Waals surface area contributed by atoms with Crippen molar-refractivity contribution < 1.29 is 8.78 Å². The molecule has 0 spiro atoms. The highest BCUT2D eigenvalue weighted by atomic mass is 19.1. The first-order chi connectivity index (χ1) is 17.0. The van der Waals surface area contributed by atoms with Crippen molar-refractivity contribution in [3.63, 3.8) is 0 Å². The van der Waals surface area contributed by atoms with Crippen LogP contribution in [0.15, 0.2) is 59.9 Å². The molecule has 3 aromatic heterocycles. The van der Waals surface area contributed by atoms with Gasteiger partial charge in [-0.05, 0) is 30.7 Å². The van der Waals surface area contributed by atoms with Gasteiger partial charge < -0.3 is 10.3 Å². The van der Waals surface area contributed by atoms with Crippen molar-refractivity contribution >= 4 is 33.6 Å². The van der Waals surface area contributed by atoms with Gasteiger partial charge in [0, 0.05) is 6.07 Å². The van der Waals surface area contributed by atoms with Gasteiger partial charge >= 0.3 is 0 Å². The number of fused-ring (bicyclic) bond motifs is 2. The van der Waals surface area contributed by atoms with Crippen LogP contribution in [0, 0.1) is 11.6 Å². The molecule has 11 heteroatoms. The predicted octanol–water partition coefficient (Wildman–Crippen LogP) is 4.81. The number of nitrogens with zero attached hydrogens (tertiary/aromatic N) is 5. The number of benzene rings is 2. The van der Waals surface area contributed by atoms with Crippen LogP contribution in [0.4, 0.5) is 20.3 Å². The van der Waals surface area contributed by atoms with Crippen molar-refractivity contribution in [2.45, 2.75) is 33.2 Å². The molecule has 0 aliphatic carbocycles. The van der Waals surface area contributed by atoms with Crippen LogP contribution < -0.4 is 16.3 Å². The lowest BCUT2D eigenvalue weighted by Crippen LogP contribution is -2.34. The SMILES string of the molecule is CC.CCC(Nc1ncnc2nc[nH]c12)c1nc2ccccc2c(=O)n1Nc1cc(F)cc(F)c1. The monoisotopic (exact) mass is 478 g/mol. The minimum atomic E-state index is -0.770. The van der Waals surface area contributed by atoms with Crippen molar-refractivity contribution in [3.05, 3.63) is 82.9 Å². The minimum absolute atomic E-state index is 0.0702. The summed E-state index contributed by atoms with van der Waals surface area (Å²) >= 11 is 0. The van der Waals surface area contributed by atoms with Gasteiger partial charge in [-0.3, -0.25) is 10.2 Å². The lowest BCUT2D eigenvalue weighted by atomic mass is 10.1. The fourth-order valence-electron chi connectivity index (χ4n) is 3.63. The van der Waals surface area contributed by atoms with E-state index in [1.807, 2.05) is 20.8 Å². The van der Waals surface area contributed by atoms with E-state index in [1.54, 1.807) is 24.3 Å². The number of hydrogen-bond acceptors (Lipinski definition) is 7. The van der Waals surface area contributed by atoms with Crippen LogP contribution >= 0.6 is 0 Å². The molecule has 0 saturated carbocycles. The predicted molar refractivity (Wildman–Crippen MR) is 131 cm³/mol. The van der Waals surface area contributed by atoms with E-state index in [0.717, 1.165) is 18.2 Å². The number of nitrogens with one attached hydrogen (secondary N) is 3. The number of imidazole rings is 1. The van der Waals surface area contributed by atoms with Crippen LogP contribution in [-0.2, 0) is 0 Å². The number of hydrogen-bond donors (Lipinski definition) is 3. The zero-order valence-corrected chi connectivity index (χ0v) is 19.4. The Kier molecular flexibility index (Phi) is 6.95. The molecular formula is C24H24F2N8O. The molecule has 0 aliphatic heterocycles. The van der Waals surface area contributed by atoms with Gasteiger partial charge in [0.05, 0.1) is 29.0 Å². The number of aromatic amines is 1. The Labute approximate surface area is 199 Å². The Morgan fingerprint density at radius 3 is 2.54 bits per heavy atom. The fraction of sp³-hybridized carbons (Fsp3) is 0.208. The number of halogens is 2. The highest BCUT2D eigenvalue weighted by molar-refractivity contribution is 5.82. The summed E-state index contributed by atoms with van der Waals surface area (Å²) in [5.74, 6) is -0.741. The number of aromatic nitrogens is 6. The van der Waals surface area contributed by atoms with E-state index in [1.165, 1.54) is 17.3 Å². The molecule has 0 amide bonds. The van der Waals surface area contributed by atoms with Crippen LogP contribution in [0.5, 0.6) is 0 Å². The molecule has 0 aliphatic rings. The summed E-state index contributed by atoms with van der Waals surface area (Å²) in [4.78, 5) is 33.6. The summed E-state index contributed by atoms with van der Waals surface area (Å²) < 4.78 is 28.8. The zero-order chi connectivity index (χ0) is 24.9. The lowest BCUT2D eigenvalue weighted by molar-refractivity contribution is 0.582. The average molecular weight is 479 g/mol. The summed E-state index contributed by atoms with van der Waals surface area (Å²) in [6, 6.07) is 9.35. The maximum Gasteiger partial charge on any atom is 0.280 e. The third-order valence-corrected chi connectivity index (χ3v) is 5.16. The molecule has 5 rings (SSSR count). The molecule has 35 heavy (non-hydrogen) atoms. The second-order valence-electron chi connectivity index (χ2n) is 7.33. The topological polar surface area (TPSA) is 113 Å². The number of H-pyrrole nitrogens is 1. The molecule has 180 valence electrons. The van der Waals surface area contributed by atoms with E-state index in [9.17, 15) is 13.6 Å². The molecule has 2 aromatic carbocycles. The van der Waals surface area contributed by atoms with E-state index in [2.05, 4.69) is 30.7 Å². The minimum Gasteiger partial charge on any atom is -0.358 e. The summed E-state index contributed by atoms with van der Waals surface area (Å²) in [6.45, 7) is 5.91. The second-order valence-corrected chi connectivity index (χ2v) is 7.33. The van der Waals surface area contributed by atoms with Crippen LogP contribution in [0.2, 0.25) is 0 Å². The first-order valence-electron chi connectivity index (χ1n) is 11.2. The smallest absolute Gasteiger partial charge is 0.280 e. The molecule has 1 unspecified atom stereocenters. The van der Waals surface area contributed by atoms with Crippen molar-refractivity contribution in [3.8, 4) is 0 Å². The quantitative estimate of drug-likeness (QED) is 0.321. The van der Waals surface area contributed by atoms with Gasteiger partial charge in [0.1, 0.15) is 23.5 Å². The van der Waals surface area contributed by atoms with Crippen molar-refractivity contribution in [1.29, 1.82) is 0 Å². The van der Waals surface area contributed by atoms with E-state index in [0.29, 0.717) is 40.1 Å². The van der Waals surface area contributed by atoms with Gasteiger partial charge in [0.15, 0.2) is 17.3 Å². The molecule has 0 saturated heterocycles. The van der Waals surface area contributed by atoms with Crippen LogP contribution in [0.3, 0.4) is 0 Å². The summed E-state index contributed by atoms with van der Waals surface area (Å²) in [5.41, 5.74) is 4.06. The zero-order valence-electron chi connectivity index (χ0n) is 19.4. The molecule has 3 N–H and O–H groups in total. The molecule has 0 radical (unpaired) electrons. The van der Waals surface area contributed by atoms with Crippen molar-refractivity contribution in [2.75, 3.05) is 10.7 Å². The van der Waals surface area contributed by atoms with Gasteiger partial charge in [-0.15, -0.1) is 0 Å². The number of anilines is 2. The normalized spacial score (nSPS) is 11.7. The van der Waals surface area contributed by atoms with E-state index in [4.69, 9.17) is 4.98 Å². The fourth-order valence-corrected chi connectivity index (χ4v) is 3.63. The number of rotatable bonds is 6. The van der Waals surface area contributed by atoms with Gasteiger partial charge in [-0.25, -0.2) is 33.4 Å². The highest BCUT2D eigenvalue weighted by Crippen LogP contribution is 2.25. The van der Waals surface area contributed by atoms with Crippen molar-refractivity contribution in [1.82, 2.24) is 29.6 Å². The Morgan fingerprint density at radius 2 is 1.80 bits per heavy atom. The van der Waals surface area contributed by atoms with Gasteiger partial charge in [0.25, 0.3) is 5.56 Å². The molecular weight excluding hydrogens is 454 g/mol. The Morgan fingerprint density at radius 1 is 1.06 bits per heavy atom. The van der Waals surface area contributed by atoms with E-state index >= 15 is 0 Å². The molecule has 1 atom stereocenters. The standard InChI is InChI=1S/C22H18F2N8O.C2H6/c1-2-16(29-20-18-19(26-10-25-18)27-11-28-20)21-30-17-6-4-3-5-15(17)22(33)32(21)31-14-8-12(23)7-13(24)9-14;1-2/h3-11,16,31H,2H2,1H3,(H2,25,26,27,28,29);1-2H3. The summed E-state index contributed by atoms with van der Waals surface area (Å²) in [5, 5.41) is 3.64. The van der Waals surface area contributed by atoms with E-state index in [-0.39, 0.29) is 5.69 Å². The average Bonchev–Trinajstić information content (AvgIpc) is 3.35. The molecule has 9 nitrogen and oxygen atoms in total. The van der Waals surface area contributed by atoms with Crippen LogP contribution in [0.1, 0.15) is 39.1 Å². The molecule has 0 fully saturated rings. The maximum atomic E-state index is 13.8. The molecule has 3 heterocycles. The Balaban J connectivity index is 0.00000141. The highest BCUT2D eigenvalue weighted by Gasteiger charge is 2.21. The molecule has 5 aromatic rings. The third kappa shape index (κ3) is 4.79. The maximum absolute atomic E-state index is 13.8. The van der Waals surface area contributed by atoms with Gasteiger partial charge in [-0.2, -0.15) is 0 Å². The van der Waals surface area contributed by atoms with Crippen LogP contribution in [-0.4, -0.2) is 29.6 Å². The second kappa shape index (κ2) is 10.2. The van der Waals surface area contributed by atoms with E-state index < -0.39 is 23.2 Å². The first-order valence-corrected chi connectivity index (χ1v) is 11.2. The third-order valence-electron chi connectivity index (χ3n) is 5.16. The first kappa shape index (κ1) is 23.7. The summed E-state index contributed by atoms with van der Waals surface area (Å²) in [6.07, 6.45) is 3.41. The Hall–Kier alpha value is -4.41. The number of para-hydroxylation sites is 1. The summed E-state index contributed by atoms with van der Waals surface area (Å²) in [7, 11) is 0. The largest absolute Gasteiger partial charge is 0.358 e. The Bertz CT molecular complexity index is 1510. The van der Waals surface area contributed by atoms with Gasteiger partial charge in [0.2, 0.25) is 0 Å².